The van der Waals surface area contributed by atoms with Crippen LogP contribution >= 0.6 is 15.9 Å². The first-order valence-electron chi connectivity index (χ1n) is 4.77. The van der Waals surface area contributed by atoms with Crippen LogP contribution in [-0.4, -0.2) is 25.9 Å². The lowest BCUT2D eigenvalue weighted by atomic mass is 10.0. The molecule has 0 spiro atoms. The largest absolute Gasteiger partial charge is 0.495 e. The van der Waals surface area contributed by atoms with Crippen molar-refractivity contribution in [1.82, 2.24) is 0 Å². The molecule has 1 N–H and O–H groups in total. The van der Waals surface area contributed by atoms with Crippen molar-refractivity contribution in [2.24, 2.45) is 0 Å². The number of benzene rings is 1. The first-order valence-corrected chi connectivity index (χ1v) is 5.56. The minimum absolute atomic E-state index is 0.0748. The normalized spacial score (nSPS) is 12.4. The van der Waals surface area contributed by atoms with E-state index in [4.69, 9.17) is 14.6 Å². The Morgan fingerprint density at radius 3 is 2.38 bits per heavy atom. The molecule has 0 aliphatic carbocycles. The number of aliphatic hydroxyl groups excluding tert-OH is 1. The van der Waals surface area contributed by atoms with Crippen LogP contribution in [0.3, 0.4) is 0 Å². The van der Waals surface area contributed by atoms with Crippen LogP contribution in [0.4, 0.5) is 4.39 Å². The van der Waals surface area contributed by atoms with Gasteiger partial charge in [0.05, 0.1) is 14.2 Å². The standard InChI is InChI=1S/C11H14BrFO3/c1-6(5-14)7-4-8(13)11(16-3)9(12)10(7)15-2/h4,6,14H,5H2,1-3H3. The van der Waals surface area contributed by atoms with Crippen molar-refractivity contribution in [3.05, 3.63) is 21.9 Å². The summed E-state index contributed by atoms with van der Waals surface area (Å²) in [6, 6.07) is 1.32. The van der Waals surface area contributed by atoms with Crippen LogP contribution in [0.2, 0.25) is 0 Å². The number of hydrogen-bond donors (Lipinski definition) is 1. The van der Waals surface area contributed by atoms with E-state index in [-0.39, 0.29) is 18.3 Å². The van der Waals surface area contributed by atoms with Gasteiger partial charge < -0.3 is 14.6 Å². The van der Waals surface area contributed by atoms with Crippen molar-refractivity contribution in [2.75, 3.05) is 20.8 Å². The van der Waals surface area contributed by atoms with Crippen molar-refractivity contribution in [3.8, 4) is 11.5 Å². The van der Waals surface area contributed by atoms with E-state index >= 15 is 0 Å². The first kappa shape index (κ1) is 13.3. The Morgan fingerprint density at radius 2 is 1.94 bits per heavy atom. The Bertz CT molecular complexity index is 382. The van der Waals surface area contributed by atoms with Gasteiger partial charge in [-0.05, 0) is 22.0 Å². The maximum Gasteiger partial charge on any atom is 0.172 e. The Labute approximate surface area is 102 Å². The molecule has 0 aliphatic heterocycles. The molecule has 0 heterocycles. The molecule has 1 rings (SSSR count). The number of hydrogen-bond acceptors (Lipinski definition) is 3. The van der Waals surface area contributed by atoms with Crippen LogP contribution in [0.1, 0.15) is 18.4 Å². The minimum Gasteiger partial charge on any atom is -0.495 e. The maximum atomic E-state index is 13.6. The second kappa shape index (κ2) is 5.50. The quantitative estimate of drug-likeness (QED) is 0.927. The van der Waals surface area contributed by atoms with Crippen LogP contribution in [0.25, 0.3) is 0 Å². The van der Waals surface area contributed by atoms with Gasteiger partial charge in [0, 0.05) is 18.1 Å². The van der Waals surface area contributed by atoms with Gasteiger partial charge in [-0.25, -0.2) is 4.39 Å². The SMILES string of the molecule is COc1c(F)cc(C(C)CO)c(OC)c1Br. The molecular formula is C11H14BrFO3. The zero-order chi connectivity index (χ0) is 12.3. The van der Waals surface area contributed by atoms with E-state index in [9.17, 15) is 4.39 Å². The predicted octanol–water partition coefficient (Wildman–Crippen LogP) is 2.70. The molecule has 5 heteroatoms. The third-order valence-corrected chi connectivity index (χ3v) is 3.09. The lowest BCUT2D eigenvalue weighted by Crippen LogP contribution is -2.05. The molecule has 0 saturated heterocycles. The van der Waals surface area contributed by atoms with E-state index in [1.54, 1.807) is 6.92 Å². The van der Waals surface area contributed by atoms with Gasteiger partial charge in [0.15, 0.2) is 11.6 Å². The molecule has 1 unspecified atom stereocenters. The van der Waals surface area contributed by atoms with Gasteiger partial charge >= 0.3 is 0 Å². The second-order valence-electron chi connectivity index (χ2n) is 3.41. The summed E-state index contributed by atoms with van der Waals surface area (Å²) in [6.07, 6.45) is 0. The Balaban J connectivity index is 3.40. The number of rotatable bonds is 4. The summed E-state index contributed by atoms with van der Waals surface area (Å²) in [5, 5.41) is 9.09. The molecule has 16 heavy (non-hydrogen) atoms. The molecule has 3 nitrogen and oxygen atoms in total. The van der Waals surface area contributed by atoms with E-state index in [2.05, 4.69) is 15.9 Å². The van der Waals surface area contributed by atoms with Crippen molar-refractivity contribution in [2.45, 2.75) is 12.8 Å². The number of halogens is 2. The fraction of sp³-hybridized carbons (Fsp3) is 0.455. The first-order chi connectivity index (χ1) is 7.56. The summed E-state index contributed by atoms with van der Waals surface area (Å²) < 4.78 is 24.2. The highest BCUT2D eigenvalue weighted by molar-refractivity contribution is 9.10. The monoisotopic (exact) mass is 292 g/mol. The molecule has 0 fully saturated rings. The summed E-state index contributed by atoms with van der Waals surface area (Å²) in [4.78, 5) is 0. The highest BCUT2D eigenvalue weighted by Gasteiger charge is 2.20. The molecule has 1 aromatic carbocycles. The average molecular weight is 293 g/mol. The number of aliphatic hydroxyl groups is 1. The smallest absolute Gasteiger partial charge is 0.172 e. The molecule has 0 radical (unpaired) electrons. The van der Waals surface area contributed by atoms with Gasteiger partial charge in [-0.2, -0.15) is 0 Å². The van der Waals surface area contributed by atoms with Crippen LogP contribution in [0.15, 0.2) is 10.5 Å². The second-order valence-corrected chi connectivity index (χ2v) is 4.20. The number of ether oxygens (including phenoxy) is 2. The van der Waals surface area contributed by atoms with E-state index in [0.29, 0.717) is 15.8 Å². The van der Waals surface area contributed by atoms with Crippen molar-refractivity contribution >= 4 is 15.9 Å². The van der Waals surface area contributed by atoms with Gasteiger partial charge in [-0.15, -0.1) is 0 Å². The van der Waals surface area contributed by atoms with Crippen LogP contribution in [0, 0.1) is 5.82 Å². The minimum atomic E-state index is -0.481. The summed E-state index contributed by atoms with van der Waals surface area (Å²) in [5.74, 6) is -0.0947. The molecule has 1 atom stereocenters. The topological polar surface area (TPSA) is 38.7 Å². The molecule has 0 saturated carbocycles. The Hall–Kier alpha value is -0.810. The third-order valence-electron chi connectivity index (χ3n) is 2.37. The summed E-state index contributed by atoms with van der Waals surface area (Å²) >= 11 is 3.23. The van der Waals surface area contributed by atoms with Gasteiger partial charge in [-0.1, -0.05) is 6.92 Å². The summed E-state index contributed by atoms with van der Waals surface area (Å²) in [6.45, 7) is 1.71. The highest BCUT2D eigenvalue weighted by atomic mass is 79.9. The van der Waals surface area contributed by atoms with Crippen LogP contribution in [0.5, 0.6) is 11.5 Å². The van der Waals surface area contributed by atoms with Gasteiger partial charge in [-0.3, -0.25) is 0 Å². The van der Waals surface area contributed by atoms with Crippen molar-refractivity contribution in [3.63, 3.8) is 0 Å². The van der Waals surface area contributed by atoms with Gasteiger partial charge in [0.1, 0.15) is 10.2 Å². The Morgan fingerprint density at radius 1 is 1.38 bits per heavy atom. The molecule has 0 aliphatic rings. The van der Waals surface area contributed by atoms with Crippen LogP contribution < -0.4 is 9.47 Å². The molecule has 90 valence electrons. The van der Waals surface area contributed by atoms with Gasteiger partial charge in [0.25, 0.3) is 0 Å². The summed E-state index contributed by atoms with van der Waals surface area (Å²) in [7, 11) is 2.88. The molecule has 0 amide bonds. The predicted molar refractivity (Wildman–Crippen MR) is 62.7 cm³/mol. The molecular weight excluding hydrogens is 279 g/mol. The lowest BCUT2D eigenvalue weighted by molar-refractivity contribution is 0.268. The van der Waals surface area contributed by atoms with E-state index < -0.39 is 5.82 Å². The van der Waals surface area contributed by atoms with Crippen molar-refractivity contribution < 1.29 is 19.0 Å². The van der Waals surface area contributed by atoms with Crippen molar-refractivity contribution in [1.29, 1.82) is 0 Å². The Kier molecular flexibility index (Phi) is 4.56. The van der Waals surface area contributed by atoms with E-state index in [1.807, 2.05) is 0 Å². The zero-order valence-electron chi connectivity index (χ0n) is 9.38. The lowest BCUT2D eigenvalue weighted by Gasteiger charge is -2.17. The van der Waals surface area contributed by atoms with Gasteiger partial charge in [0.2, 0.25) is 0 Å². The van der Waals surface area contributed by atoms with E-state index in [0.717, 1.165) is 0 Å². The molecule has 0 aromatic heterocycles. The third kappa shape index (κ3) is 2.30. The average Bonchev–Trinajstić information content (AvgIpc) is 2.28. The highest BCUT2D eigenvalue weighted by Crippen LogP contribution is 2.41. The number of methoxy groups -OCH3 is 2. The maximum absolute atomic E-state index is 13.6. The van der Waals surface area contributed by atoms with Crippen LogP contribution in [-0.2, 0) is 0 Å². The molecule has 1 aromatic rings. The molecule has 0 bridgehead atoms. The fourth-order valence-electron chi connectivity index (χ4n) is 1.46. The zero-order valence-corrected chi connectivity index (χ0v) is 11.0. The van der Waals surface area contributed by atoms with E-state index in [1.165, 1.54) is 20.3 Å². The summed E-state index contributed by atoms with van der Waals surface area (Å²) in [5.41, 5.74) is 0.607. The fourth-order valence-corrected chi connectivity index (χ4v) is 2.20.